The van der Waals surface area contributed by atoms with Crippen molar-refractivity contribution < 1.29 is 75.7 Å². The van der Waals surface area contributed by atoms with Crippen LogP contribution in [-0.2, 0) is 35.1 Å². The molecular formula is C24H37LuN5O8. The molecule has 1 unspecified atom stereocenters. The van der Waals surface area contributed by atoms with Gasteiger partial charge in [-0.1, -0.05) is 12.1 Å². The molecule has 2 rings (SSSR count). The van der Waals surface area contributed by atoms with Crippen LogP contribution in [0.4, 0.5) is 5.69 Å². The summed E-state index contributed by atoms with van der Waals surface area (Å²) in [5.74, 6) is -1.97. The fourth-order valence-electron chi connectivity index (χ4n) is 4.27. The molecule has 0 bridgehead atoms. The maximum Gasteiger partial charge on any atom is 0.317 e. The van der Waals surface area contributed by atoms with Gasteiger partial charge >= 0.3 is 11.9 Å². The van der Waals surface area contributed by atoms with Gasteiger partial charge in [-0.05, 0) is 24.1 Å². The second-order valence-corrected chi connectivity index (χ2v) is 8.82. The minimum atomic E-state index is -0.986. The van der Waals surface area contributed by atoms with Gasteiger partial charge in [0.25, 0.3) is 12.9 Å². The van der Waals surface area contributed by atoms with E-state index < -0.39 is 11.9 Å². The zero-order chi connectivity index (χ0) is 27.0. The molecule has 1 aromatic rings. The molecule has 3 N–H and O–H groups in total. The van der Waals surface area contributed by atoms with Gasteiger partial charge < -0.3 is 25.0 Å². The average molecular weight is 699 g/mol. The molecule has 0 spiro atoms. The SMILES string of the molecule is CNc1ccc(CC2CN(CC(=O)O)CCN(COC=O)CCN(COC=O)CCN2CC(=O)O)cc1.[Lu]. The van der Waals surface area contributed by atoms with Crippen molar-refractivity contribution in [2.24, 2.45) is 0 Å². The van der Waals surface area contributed by atoms with E-state index in [4.69, 9.17) is 9.47 Å². The molecule has 1 aliphatic heterocycles. The molecule has 1 fully saturated rings. The van der Waals surface area contributed by atoms with Crippen molar-refractivity contribution in [2.75, 3.05) is 84.7 Å². The molecule has 1 aliphatic rings. The van der Waals surface area contributed by atoms with Crippen molar-refractivity contribution >= 4 is 30.6 Å². The van der Waals surface area contributed by atoms with Crippen molar-refractivity contribution in [1.82, 2.24) is 19.6 Å². The summed E-state index contributed by atoms with van der Waals surface area (Å²) < 4.78 is 9.90. The van der Waals surface area contributed by atoms with Crippen LogP contribution in [0.2, 0.25) is 0 Å². The molecule has 0 aliphatic carbocycles. The van der Waals surface area contributed by atoms with Crippen molar-refractivity contribution in [2.45, 2.75) is 12.5 Å². The standard InChI is InChI=1S/C24H37N5O8.Lu/c1-25-21-4-2-20(3-5-21)12-22-13-28(14-23(32)33)9-8-26(16-36-18-30)6-7-27(17-37-19-31)10-11-29(22)15-24(34)35;/h2-5,18-19,22,25H,6-17H2,1H3,(H,32,33)(H,34,35);. The molecule has 14 heteroatoms. The molecule has 0 saturated carbocycles. The van der Waals surface area contributed by atoms with E-state index in [1.54, 1.807) is 4.90 Å². The smallest absolute Gasteiger partial charge is 0.317 e. The van der Waals surface area contributed by atoms with Gasteiger partial charge in [-0.2, -0.15) is 0 Å². The van der Waals surface area contributed by atoms with Crippen LogP contribution in [0.5, 0.6) is 0 Å². The molecule has 1 radical (unpaired) electrons. The Kier molecular flexibility index (Phi) is 17.1. The number of carboxylic acid groups (broad SMARTS) is 2. The van der Waals surface area contributed by atoms with E-state index in [2.05, 4.69) is 5.32 Å². The largest absolute Gasteiger partial charge is 0.480 e. The van der Waals surface area contributed by atoms with Gasteiger partial charge in [0.1, 0.15) is 13.5 Å². The maximum atomic E-state index is 11.8. The van der Waals surface area contributed by atoms with Gasteiger partial charge in [0.2, 0.25) is 0 Å². The van der Waals surface area contributed by atoms with E-state index in [1.165, 1.54) is 0 Å². The Morgan fingerprint density at radius 1 is 0.868 bits per heavy atom. The number of hydrogen-bond donors (Lipinski definition) is 3. The third-order valence-corrected chi connectivity index (χ3v) is 6.22. The average Bonchev–Trinajstić information content (AvgIpc) is 2.87. The second-order valence-electron chi connectivity index (χ2n) is 8.82. The number of carboxylic acids is 2. The summed E-state index contributed by atoms with van der Waals surface area (Å²) in [7, 11) is 1.82. The Bertz CT molecular complexity index is 863. The Balaban J connectivity index is 0.00000722. The molecule has 1 heterocycles. The fourth-order valence-corrected chi connectivity index (χ4v) is 4.27. The minimum absolute atomic E-state index is 0. The molecule has 0 aromatic heterocycles. The predicted octanol–water partition coefficient (Wildman–Crippen LogP) is -0.709. The number of nitrogens with one attached hydrogen (secondary N) is 1. The second kappa shape index (κ2) is 19.1. The first-order valence-electron chi connectivity index (χ1n) is 12.1. The van der Waals surface area contributed by atoms with E-state index in [0.29, 0.717) is 65.2 Å². The van der Waals surface area contributed by atoms with Crippen LogP contribution in [0.3, 0.4) is 0 Å². The zero-order valence-corrected chi connectivity index (χ0v) is 23.1. The molecule has 1 aromatic carbocycles. The van der Waals surface area contributed by atoms with Gasteiger partial charge in [-0.15, -0.1) is 0 Å². The first-order valence-corrected chi connectivity index (χ1v) is 12.1. The molecule has 13 nitrogen and oxygen atoms in total. The van der Waals surface area contributed by atoms with E-state index in [1.807, 2.05) is 46.0 Å². The van der Waals surface area contributed by atoms with Gasteiger partial charge in [-0.25, -0.2) is 0 Å². The summed E-state index contributed by atoms with van der Waals surface area (Å²) >= 11 is 0. The molecule has 1 saturated heterocycles. The van der Waals surface area contributed by atoms with Crippen LogP contribution in [0, 0.1) is 36.9 Å². The van der Waals surface area contributed by atoms with Crippen molar-refractivity contribution in [1.29, 1.82) is 0 Å². The summed E-state index contributed by atoms with van der Waals surface area (Å²) in [4.78, 5) is 52.4. The van der Waals surface area contributed by atoms with Crippen LogP contribution in [-0.4, -0.2) is 140 Å². The van der Waals surface area contributed by atoms with E-state index >= 15 is 0 Å². The van der Waals surface area contributed by atoms with Crippen LogP contribution in [0.1, 0.15) is 5.56 Å². The molecule has 0 amide bonds. The number of carbonyl (C=O) groups excluding carboxylic acids is 2. The number of anilines is 1. The maximum absolute atomic E-state index is 11.8. The summed E-state index contributed by atoms with van der Waals surface area (Å²) in [5, 5.41) is 22.3. The summed E-state index contributed by atoms with van der Waals surface area (Å²) in [5.41, 5.74) is 1.93. The number of benzene rings is 1. The molecule has 221 valence electrons. The van der Waals surface area contributed by atoms with Crippen molar-refractivity contribution in [3.05, 3.63) is 29.8 Å². The van der Waals surface area contributed by atoms with Crippen LogP contribution >= 0.6 is 0 Å². The predicted molar refractivity (Wildman–Crippen MR) is 134 cm³/mol. The quantitative estimate of drug-likeness (QED) is 0.223. The zero-order valence-electron chi connectivity index (χ0n) is 21.4. The van der Waals surface area contributed by atoms with Gasteiger partial charge in [0.05, 0.1) is 13.1 Å². The number of aliphatic carboxylic acids is 2. The molecule has 38 heavy (non-hydrogen) atoms. The van der Waals surface area contributed by atoms with E-state index in [-0.39, 0.29) is 69.5 Å². The fraction of sp³-hybridized carbons (Fsp3) is 0.583. The number of hydrogen-bond acceptors (Lipinski definition) is 11. The van der Waals surface area contributed by atoms with Crippen LogP contribution in [0.15, 0.2) is 24.3 Å². The van der Waals surface area contributed by atoms with Crippen molar-refractivity contribution in [3.63, 3.8) is 0 Å². The minimum Gasteiger partial charge on any atom is -0.480 e. The van der Waals surface area contributed by atoms with E-state index in [9.17, 15) is 29.4 Å². The monoisotopic (exact) mass is 698 g/mol. The normalized spacial score (nSPS) is 18.7. The van der Waals surface area contributed by atoms with Crippen LogP contribution in [0.25, 0.3) is 0 Å². The third kappa shape index (κ3) is 13.2. The molecular weight excluding hydrogens is 661 g/mol. The third-order valence-electron chi connectivity index (χ3n) is 6.22. The van der Waals surface area contributed by atoms with Crippen LogP contribution < -0.4 is 5.32 Å². The first kappa shape index (κ1) is 34.0. The Labute approximate surface area is 251 Å². The summed E-state index contributed by atoms with van der Waals surface area (Å²) in [6, 6.07) is 7.50. The number of carbonyl (C=O) groups is 4. The Morgan fingerprint density at radius 2 is 1.37 bits per heavy atom. The summed E-state index contributed by atoms with van der Waals surface area (Å²) in [6.07, 6.45) is 0.510. The molecule has 1 atom stereocenters. The topological polar surface area (TPSA) is 152 Å². The van der Waals surface area contributed by atoms with Gasteiger partial charge in [0.15, 0.2) is 0 Å². The summed E-state index contributed by atoms with van der Waals surface area (Å²) in [6.45, 7) is 3.19. The Hall–Kier alpha value is -2.03. The van der Waals surface area contributed by atoms with Crippen molar-refractivity contribution in [3.8, 4) is 0 Å². The van der Waals surface area contributed by atoms with Gasteiger partial charge in [0, 0.05) is 101 Å². The van der Waals surface area contributed by atoms with Gasteiger partial charge in [-0.3, -0.25) is 38.8 Å². The first-order chi connectivity index (χ1) is 17.8. The number of nitrogens with zero attached hydrogens (tertiary/aromatic N) is 4. The number of ether oxygens (including phenoxy) is 2. The van der Waals surface area contributed by atoms with E-state index in [0.717, 1.165) is 11.3 Å². The Morgan fingerprint density at radius 3 is 1.84 bits per heavy atom. The number of rotatable bonds is 13.